The fourth-order valence-corrected chi connectivity index (χ4v) is 6.76. The monoisotopic (exact) mass is 586 g/mol. The van der Waals surface area contributed by atoms with Crippen LogP contribution in [-0.4, -0.2) is 19.9 Å². The Morgan fingerprint density at radius 2 is 0.891 bits per heavy atom. The number of nitrogens with zero attached hydrogens (tertiary/aromatic N) is 4. The molecule has 0 atom stereocenters. The minimum absolute atomic E-state index is 0.938. The van der Waals surface area contributed by atoms with Crippen molar-refractivity contribution in [2.24, 2.45) is 0 Å². The van der Waals surface area contributed by atoms with Crippen LogP contribution in [-0.2, 0) is 0 Å². The van der Waals surface area contributed by atoms with E-state index in [2.05, 4.69) is 123 Å². The van der Waals surface area contributed by atoms with Crippen molar-refractivity contribution >= 4 is 32.3 Å². The summed E-state index contributed by atoms with van der Waals surface area (Å²) in [7, 11) is 0. The molecule has 6 aromatic carbocycles. The van der Waals surface area contributed by atoms with E-state index >= 15 is 0 Å². The van der Waals surface area contributed by atoms with Gasteiger partial charge in [0.2, 0.25) is 0 Å². The normalized spacial score (nSPS) is 11.5. The number of rotatable bonds is 5. The van der Waals surface area contributed by atoms with Gasteiger partial charge in [-0.3, -0.25) is 9.97 Å². The minimum atomic E-state index is 0.938. The average molecular weight is 587 g/mol. The first kappa shape index (κ1) is 26.2. The van der Waals surface area contributed by atoms with E-state index in [0.29, 0.717) is 0 Å². The molecule has 0 aliphatic rings. The summed E-state index contributed by atoms with van der Waals surface area (Å²) in [5.41, 5.74) is 10.8. The van der Waals surface area contributed by atoms with E-state index in [0.717, 1.165) is 39.2 Å². The summed E-state index contributed by atoms with van der Waals surface area (Å²) in [6.45, 7) is 0. The molecule has 0 aliphatic heterocycles. The van der Waals surface area contributed by atoms with E-state index < -0.39 is 0 Å². The molecule has 3 heterocycles. The standard InChI is InChI=1S/C42H26N4/c1-3-18-45-39(8-1)32-21-31(22-33(23-32)40-9-2-4-19-46-40)36-15-11-28-12-16-37-35(14-10-27-13-17-38(36)42(28)41(27)37)30-7-5-6-29(20-30)34-24-43-26-44-25-34/h1-26H. The third-order valence-corrected chi connectivity index (χ3v) is 8.90. The Morgan fingerprint density at radius 1 is 0.370 bits per heavy atom. The SMILES string of the molecule is c1ccc(-c2cc(-c3ccccn3)cc(-c3ccc4ccc5c(-c6cccc(-c7cncnc7)c6)ccc6ccc3c4c65)c2)nc1. The largest absolute Gasteiger partial charge is 0.256 e. The van der Waals surface area contributed by atoms with Crippen molar-refractivity contribution in [3.05, 3.63) is 159 Å². The molecule has 0 aliphatic carbocycles. The Bertz CT molecular complexity index is 2450. The first-order valence-corrected chi connectivity index (χ1v) is 15.3. The van der Waals surface area contributed by atoms with Crippen LogP contribution in [0.15, 0.2) is 159 Å². The molecule has 3 aromatic heterocycles. The van der Waals surface area contributed by atoms with Crippen molar-refractivity contribution in [3.63, 3.8) is 0 Å². The fraction of sp³-hybridized carbons (Fsp3) is 0. The predicted octanol–water partition coefficient (Wildman–Crippen LogP) is 10.5. The molecule has 0 spiro atoms. The van der Waals surface area contributed by atoms with E-state index in [1.165, 1.54) is 49.0 Å². The highest BCUT2D eigenvalue weighted by Gasteiger charge is 2.17. The summed E-state index contributed by atoms with van der Waals surface area (Å²) < 4.78 is 0. The van der Waals surface area contributed by atoms with Gasteiger partial charge in [0, 0.05) is 41.5 Å². The summed E-state index contributed by atoms with van der Waals surface area (Å²) in [5, 5.41) is 7.50. The maximum absolute atomic E-state index is 4.68. The van der Waals surface area contributed by atoms with Gasteiger partial charge in [0.25, 0.3) is 0 Å². The highest BCUT2D eigenvalue weighted by atomic mass is 14.8. The molecule has 0 radical (unpaired) electrons. The lowest BCUT2D eigenvalue weighted by Gasteiger charge is -2.17. The Hall–Kier alpha value is -6.26. The Labute approximate surface area is 266 Å². The van der Waals surface area contributed by atoms with Crippen molar-refractivity contribution in [2.75, 3.05) is 0 Å². The molecule has 0 N–H and O–H groups in total. The molecule has 0 fully saturated rings. The van der Waals surface area contributed by atoms with Crippen LogP contribution in [0.3, 0.4) is 0 Å². The lowest BCUT2D eigenvalue weighted by atomic mass is 9.86. The van der Waals surface area contributed by atoms with E-state index in [1.54, 1.807) is 6.33 Å². The van der Waals surface area contributed by atoms with E-state index in [1.807, 2.05) is 49.1 Å². The molecule has 214 valence electrons. The van der Waals surface area contributed by atoms with Gasteiger partial charge in [0.1, 0.15) is 6.33 Å². The number of hydrogen-bond acceptors (Lipinski definition) is 4. The molecular formula is C42H26N4. The first-order valence-electron chi connectivity index (χ1n) is 15.3. The number of aromatic nitrogens is 4. The van der Waals surface area contributed by atoms with Gasteiger partial charge in [-0.25, -0.2) is 9.97 Å². The summed E-state index contributed by atoms with van der Waals surface area (Å²) in [6.07, 6.45) is 8.98. The average Bonchev–Trinajstić information content (AvgIpc) is 3.14. The Morgan fingerprint density at radius 3 is 1.48 bits per heavy atom. The maximum Gasteiger partial charge on any atom is 0.115 e. The Kier molecular flexibility index (Phi) is 6.10. The lowest BCUT2D eigenvalue weighted by molar-refractivity contribution is 1.17. The van der Waals surface area contributed by atoms with Gasteiger partial charge >= 0.3 is 0 Å². The van der Waals surface area contributed by atoms with E-state index in [4.69, 9.17) is 0 Å². The third-order valence-electron chi connectivity index (χ3n) is 8.90. The summed E-state index contributed by atoms with van der Waals surface area (Å²) in [6, 6.07) is 45.5. The van der Waals surface area contributed by atoms with Crippen LogP contribution in [0.25, 0.3) is 88.2 Å². The number of hydrogen-bond donors (Lipinski definition) is 0. The number of pyridine rings is 2. The smallest absolute Gasteiger partial charge is 0.115 e. The summed E-state index contributed by atoms with van der Waals surface area (Å²) >= 11 is 0. The predicted molar refractivity (Wildman–Crippen MR) is 189 cm³/mol. The van der Waals surface area contributed by atoms with E-state index in [9.17, 15) is 0 Å². The highest BCUT2D eigenvalue weighted by molar-refractivity contribution is 6.27. The summed E-state index contributed by atoms with van der Waals surface area (Å²) in [5.74, 6) is 0. The van der Waals surface area contributed by atoms with Crippen molar-refractivity contribution in [3.8, 4) is 55.9 Å². The molecule has 0 saturated carbocycles. The zero-order valence-electron chi connectivity index (χ0n) is 24.8. The first-order chi connectivity index (χ1) is 22.8. The van der Waals surface area contributed by atoms with Crippen LogP contribution >= 0.6 is 0 Å². The second kappa shape index (κ2) is 10.7. The summed E-state index contributed by atoms with van der Waals surface area (Å²) in [4.78, 5) is 17.8. The molecule has 4 heteroatoms. The molecule has 0 unspecified atom stereocenters. The minimum Gasteiger partial charge on any atom is -0.256 e. The van der Waals surface area contributed by atoms with Crippen molar-refractivity contribution in [2.45, 2.75) is 0 Å². The molecule has 0 saturated heterocycles. The molecule has 9 aromatic rings. The molecule has 0 amide bonds. The molecule has 4 nitrogen and oxygen atoms in total. The van der Waals surface area contributed by atoms with Crippen LogP contribution < -0.4 is 0 Å². The van der Waals surface area contributed by atoms with Crippen LogP contribution in [0.4, 0.5) is 0 Å². The van der Waals surface area contributed by atoms with Crippen LogP contribution in [0.1, 0.15) is 0 Å². The quantitative estimate of drug-likeness (QED) is 0.188. The molecule has 9 rings (SSSR count). The van der Waals surface area contributed by atoms with Crippen LogP contribution in [0.2, 0.25) is 0 Å². The zero-order chi connectivity index (χ0) is 30.5. The molecular weight excluding hydrogens is 560 g/mol. The van der Waals surface area contributed by atoms with Gasteiger partial charge in [-0.05, 0) is 109 Å². The van der Waals surface area contributed by atoms with Gasteiger partial charge in [0.05, 0.1) is 11.4 Å². The maximum atomic E-state index is 4.68. The molecule has 46 heavy (non-hydrogen) atoms. The Balaban J connectivity index is 1.27. The van der Waals surface area contributed by atoms with E-state index in [-0.39, 0.29) is 0 Å². The van der Waals surface area contributed by atoms with Gasteiger partial charge in [-0.15, -0.1) is 0 Å². The van der Waals surface area contributed by atoms with Crippen LogP contribution in [0, 0.1) is 0 Å². The third kappa shape index (κ3) is 4.39. The van der Waals surface area contributed by atoms with Crippen LogP contribution in [0.5, 0.6) is 0 Å². The van der Waals surface area contributed by atoms with Crippen molar-refractivity contribution < 1.29 is 0 Å². The molecule has 0 bridgehead atoms. The van der Waals surface area contributed by atoms with Gasteiger partial charge in [-0.2, -0.15) is 0 Å². The zero-order valence-corrected chi connectivity index (χ0v) is 24.8. The van der Waals surface area contributed by atoms with Gasteiger partial charge in [0.15, 0.2) is 0 Å². The van der Waals surface area contributed by atoms with Gasteiger partial charge in [-0.1, -0.05) is 78.9 Å². The highest BCUT2D eigenvalue weighted by Crippen LogP contribution is 2.43. The number of benzene rings is 6. The van der Waals surface area contributed by atoms with Crippen molar-refractivity contribution in [1.29, 1.82) is 0 Å². The van der Waals surface area contributed by atoms with Crippen molar-refractivity contribution in [1.82, 2.24) is 19.9 Å². The second-order valence-electron chi connectivity index (χ2n) is 11.6. The lowest BCUT2D eigenvalue weighted by Crippen LogP contribution is -1.92. The van der Waals surface area contributed by atoms with Gasteiger partial charge < -0.3 is 0 Å². The second-order valence-corrected chi connectivity index (χ2v) is 11.6. The fourth-order valence-electron chi connectivity index (χ4n) is 6.76. The topological polar surface area (TPSA) is 51.6 Å².